The smallest absolute Gasteiger partial charge is 0.188 e. The van der Waals surface area contributed by atoms with E-state index < -0.39 is 0 Å². The second-order valence-corrected chi connectivity index (χ2v) is 7.79. The lowest BCUT2D eigenvalue weighted by Crippen LogP contribution is -2.21. The van der Waals surface area contributed by atoms with E-state index in [1.165, 1.54) is 5.69 Å². The van der Waals surface area contributed by atoms with Crippen LogP contribution in [-0.2, 0) is 0 Å². The van der Waals surface area contributed by atoms with Gasteiger partial charge in [0.1, 0.15) is 0 Å². The van der Waals surface area contributed by atoms with Crippen molar-refractivity contribution in [3.63, 3.8) is 0 Å². The number of hydrogen-bond acceptors (Lipinski definition) is 3. The van der Waals surface area contributed by atoms with E-state index in [4.69, 9.17) is 4.98 Å². The van der Waals surface area contributed by atoms with Crippen molar-refractivity contribution >= 4 is 28.4 Å². The molecule has 0 atom stereocenters. The minimum absolute atomic E-state index is 0.0348. The van der Waals surface area contributed by atoms with Gasteiger partial charge >= 0.3 is 0 Å². The van der Waals surface area contributed by atoms with Gasteiger partial charge in [0.25, 0.3) is 0 Å². The predicted octanol–water partition coefficient (Wildman–Crippen LogP) is 6.95. The fraction of sp³-hybridized carbons (Fsp3) is 0.172. The van der Waals surface area contributed by atoms with Crippen molar-refractivity contribution in [1.82, 2.24) is 4.98 Å². The molecule has 1 aromatic heterocycles. The van der Waals surface area contributed by atoms with Crippen LogP contribution in [0.5, 0.6) is 0 Å². The summed E-state index contributed by atoms with van der Waals surface area (Å²) in [7, 11) is 0. The van der Waals surface area contributed by atoms with E-state index in [0.29, 0.717) is 5.56 Å². The number of allylic oxidation sites excluding steroid dienone is 1. The van der Waals surface area contributed by atoms with Crippen molar-refractivity contribution in [2.75, 3.05) is 18.0 Å². The molecule has 0 saturated heterocycles. The number of anilines is 1. The summed E-state index contributed by atoms with van der Waals surface area (Å²) in [4.78, 5) is 20.4. The number of aryl methyl sites for hydroxylation is 1. The molecule has 32 heavy (non-hydrogen) atoms. The van der Waals surface area contributed by atoms with Crippen LogP contribution in [0.4, 0.5) is 5.69 Å². The van der Waals surface area contributed by atoms with Crippen molar-refractivity contribution in [3.05, 3.63) is 102 Å². The molecule has 4 aromatic rings. The average molecular weight is 421 g/mol. The number of nitrogens with zero attached hydrogens (tertiary/aromatic N) is 2. The van der Waals surface area contributed by atoms with Crippen LogP contribution in [0.3, 0.4) is 0 Å². The summed E-state index contributed by atoms with van der Waals surface area (Å²) < 4.78 is 0. The number of carbonyl (C=O) groups excluding carboxylic acids is 1. The summed E-state index contributed by atoms with van der Waals surface area (Å²) in [6.45, 7) is 8.17. The molecule has 0 fully saturated rings. The van der Waals surface area contributed by atoms with Crippen LogP contribution in [-0.4, -0.2) is 23.9 Å². The second kappa shape index (κ2) is 9.61. The Labute approximate surface area is 190 Å². The van der Waals surface area contributed by atoms with E-state index in [1.54, 1.807) is 6.08 Å². The zero-order valence-corrected chi connectivity index (χ0v) is 18.9. The minimum atomic E-state index is -0.0348. The molecule has 0 saturated carbocycles. The fourth-order valence-corrected chi connectivity index (χ4v) is 4.18. The second-order valence-electron chi connectivity index (χ2n) is 7.79. The molecule has 160 valence electrons. The molecule has 0 aliphatic rings. The quantitative estimate of drug-likeness (QED) is 0.239. The van der Waals surface area contributed by atoms with Crippen molar-refractivity contribution in [1.29, 1.82) is 0 Å². The van der Waals surface area contributed by atoms with Gasteiger partial charge in [-0.25, -0.2) is 0 Å². The molecule has 3 nitrogen and oxygen atoms in total. The van der Waals surface area contributed by atoms with Crippen LogP contribution >= 0.6 is 0 Å². The lowest BCUT2D eigenvalue weighted by Gasteiger charge is -2.20. The van der Waals surface area contributed by atoms with Crippen molar-refractivity contribution in [2.24, 2.45) is 0 Å². The zero-order valence-electron chi connectivity index (χ0n) is 18.9. The Bertz CT molecular complexity index is 1250. The SMILES string of the molecule is CCN(CC)c1ccc(/C=C\C(=O)c2c(C)nc3ccccc3c2-c2ccccc2)cc1. The monoisotopic (exact) mass is 420 g/mol. The first kappa shape index (κ1) is 21.5. The number of rotatable bonds is 7. The molecular weight excluding hydrogens is 392 g/mol. The average Bonchev–Trinajstić information content (AvgIpc) is 2.83. The van der Waals surface area contributed by atoms with Crippen LogP contribution in [0.15, 0.2) is 84.9 Å². The summed E-state index contributed by atoms with van der Waals surface area (Å²) >= 11 is 0. The number of carbonyl (C=O) groups is 1. The Hall–Kier alpha value is -3.72. The number of ketones is 1. The summed E-state index contributed by atoms with van der Waals surface area (Å²) in [5.41, 5.74) is 6.47. The molecule has 0 bridgehead atoms. The summed E-state index contributed by atoms with van der Waals surface area (Å²) in [5.74, 6) is -0.0348. The molecule has 3 heteroatoms. The molecule has 0 unspecified atom stereocenters. The summed E-state index contributed by atoms with van der Waals surface area (Å²) in [5, 5.41) is 0.990. The molecule has 3 aromatic carbocycles. The zero-order chi connectivity index (χ0) is 22.5. The highest BCUT2D eigenvalue weighted by atomic mass is 16.1. The van der Waals surface area contributed by atoms with Crippen molar-refractivity contribution < 1.29 is 4.79 Å². The molecule has 0 aliphatic heterocycles. The number of hydrogen-bond donors (Lipinski definition) is 0. The third kappa shape index (κ3) is 4.33. The minimum Gasteiger partial charge on any atom is -0.372 e. The number of fused-ring (bicyclic) bond motifs is 1. The largest absolute Gasteiger partial charge is 0.372 e. The Kier molecular flexibility index (Phi) is 6.46. The number of aromatic nitrogens is 1. The molecule has 0 aliphatic carbocycles. The Morgan fingerprint density at radius 3 is 2.22 bits per heavy atom. The van der Waals surface area contributed by atoms with Gasteiger partial charge in [-0.1, -0.05) is 66.7 Å². The van der Waals surface area contributed by atoms with Gasteiger partial charge in [0, 0.05) is 35.4 Å². The Morgan fingerprint density at radius 2 is 1.53 bits per heavy atom. The molecule has 0 radical (unpaired) electrons. The molecule has 4 rings (SSSR count). The first-order valence-electron chi connectivity index (χ1n) is 11.1. The molecule has 0 amide bonds. The number of para-hydroxylation sites is 1. The highest BCUT2D eigenvalue weighted by molar-refractivity contribution is 6.16. The number of benzene rings is 3. The topological polar surface area (TPSA) is 33.2 Å². The maximum absolute atomic E-state index is 13.4. The van der Waals surface area contributed by atoms with Crippen LogP contribution < -0.4 is 4.90 Å². The van der Waals surface area contributed by atoms with Crippen LogP contribution in [0, 0.1) is 6.92 Å². The third-order valence-electron chi connectivity index (χ3n) is 5.83. The summed E-state index contributed by atoms with van der Waals surface area (Å²) in [6.07, 6.45) is 3.55. The molecule has 0 N–H and O–H groups in total. The third-order valence-corrected chi connectivity index (χ3v) is 5.83. The van der Waals surface area contributed by atoms with Gasteiger partial charge in [-0.15, -0.1) is 0 Å². The molecule has 1 heterocycles. The van der Waals surface area contributed by atoms with Crippen LogP contribution in [0.2, 0.25) is 0 Å². The predicted molar refractivity (Wildman–Crippen MR) is 135 cm³/mol. The van der Waals surface area contributed by atoms with Crippen molar-refractivity contribution in [2.45, 2.75) is 20.8 Å². The maximum Gasteiger partial charge on any atom is 0.188 e. The van der Waals surface area contributed by atoms with Gasteiger partial charge in [-0.2, -0.15) is 0 Å². The maximum atomic E-state index is 13.4. The highest BCUT2D eigenvalue weighted by Gasteiger charge is 2.18. The van der Waals surface area contributed by atoms with E-state index in [9.17, 15) is 4.79 Å². The standard InChI is InChI=1S/C29H28N2O/c1-4-31(5-2)24-18-15-22(16-19-24)17-20-27(32)28-21(3)30-26-14-10-9-13-25(26)29(28)23-11-7-6-8-12-23/h6-20H,4-5H2,1-3H3/b20-17-. The lowest BCUT2D eigenvalue weighted by atomic mass is 9.92. The van der Waals surface area contributed by atoms with Crippen LogP contribution in [0.25, 0.3) is 28.1 Å². The normalized spacial score (nSPS) is 11.2. The lowest BCUT2D eigenvalue weighted by molar-refractivity contribution is 0.104. The van der Waals surface area contributed by atoms with Gasteiger partial charge in [-0.3, -0.25) is 9.78 Å². The van der Waals surface area contributed by atoms with E-state index >= 15 is 0 Å². The summed E-state index contributed by atoms with van der Waals surface area (Å²) in [6, 6.07) is 26.4. The van der Waals surface area contributed by atoms with Gasteiger partial charge in [0.05, 0.1) is 11.1 Å². The molecule has 0 spiro atoms. The van der Waals surface area contributed by atoms with E-state index in [-0.39, 0.29) is 5.78 Å². The van der Waals surface area contributed by atoms with Gasteiger partial charge in [0.15, 0.2) is 5.78 Å². The van der Waals surface area contributed by atoms with Gasteiger partial charge < -0.3 is 4.90 Å². The van der Waals surface area contributed by atoms with Gasteiger partial charge in [0.2, 0.25) is 0 Å². The Balaban J connectivity index is 1.73. The fourth-order valence-electron chi connectivity index (χ4n) is 4.18. The highest BCUT2D eigenvalue weighted by Crippen LogP contribution is 2.33. The first-order valence-corrected chi connectivity index (χ1v) is 11.1. The van der Waals surface area contributed by atoms with Crippen LogP contribution in [0.1, 0.15) is 35.5 Å². The van der Waals surface area contributed by atoms with Crippen molar-refractivity contribution in [3.8, 4) is 11.1 Å². The Morgan fingerprint density at radius 1 is 0.875 bits per heavy atom. The number of pyridine rings is 1. The van der Waals surface area contributed by atoms with Gasteiger partial charge in [-0.05, 0) is 56.2 Å². The van der Waals surface area contributed by atoms with E-state index in [1.807, 2.05) is 67.6 Å². The molecular formula is C29H28N2O. The first-order chi connectivity index (χ1) is 15.6. The van der Waals surface area contributed by atoms with E-state index in [2.05, 4.69) is 43.0 Å². The van der Waals surface area contributed by atoms with E-state index in [0.717, 1.165) is 46.4 Å².